The van der Waals surface area contributed by atoms with Crippen molar-refractivity contribution in [2.75, 3.05) is 6.61 Å². The van der Waals surface area contributed by atoms with E-state index in [1.54, 1.807) is 24.3 Å². The topological polar surface area (TPSA) is 75.6 Å². The van der Waals surface area contributed by atoms with E-state index in [9.17, 15) is 9.59 Å². The third-order valence-corrected chi connectivity index (χ3v) is 3.82. The second kappa shape index (κ2) is 9.59. The van der Waals surface area contributed by atoms with Gasteiger partial charge in [-0.3, -0.25) is 4.79 Å². The molecule has 1 atom stereocenters. The number of hydrogen-bond donors (Lipinski definition) is 2. The number of ether oxygens (including phenoxy) is 1. The number of rotatable bonds is 8. The van der Waals surface area contributed by atoms with E-state index in [1.165, 1.54) is 5.56 Å². The number of nitrogens with one attached hydrogen (secondary N) is 1. The molecule has 2 N–H and O–H groups in total. The van der Waals surface area contributed by atoms with Crippen molar-refractivity contribution in [3.63, 3.8) is 0 Å². The SMILES string of the molecule is C[C@@H](CCc1ccccc1)NC(=O)COC(=O)c1ccc(CO)cc1. The molecule has 0 fully saturated rings. The van der Waals surface area contributed by atoms with Crippen molar-refractivity contribution in [2.24, 2.45) is 0 Å². The van der Waals surface area contributed by atoms with Crippen molar-refractivity contribution >= 4 is 11.9 Å². The molecule has 132 valence electrons. The summed E-state index contributed by atoms with van der Waals surface area (Å²) in [6.07, 6.45) is 1.69. The van der Waals surface area contributed by atoms with Gasteiger partial charge in [0.15, 0.2) is 6.61 Å². The zero-order chi connectivity index (χ0) is 18.1. The third kappa shape index (κ3) is 6.39. The number of benzene rings is 2. The van der Waals surface area contributed by atoms with Gasteiger partial charge in [0.25, 0.3) is 5.91 Å². The number of aryl methyl sites for hydroxylation is 1. The first-order valence-electron chi connectivity index (χ1n) is 8.28. The summed E-state index contributed by atoms with van der Waals surface area (Å²) >= 11 is 0. The van der Waals surface area contributed by atoms with Gasteiger partial charge >= 0.3 is 5.97 Å². The number of aliphatic hydroxyl groups excluding tert-OH is 1. The molecule has 0 heterocycles. The van der Waals surface area contributed by atoms with Gasteiger partial charge in [-0.15, -0.1) is 0 Å². The Morgan fingerprint density at radius 2 is 1.72 bits per heavy atom. The maximum Gasteiger partial charge on any atom is 0.338 e. The van der Waals surface area contributed by atoms with E-state index >= 15 is 0 Å². The Hall–Kier alpha value is -2.66. The van der Waals surface area contributed by atoms with Crippen LogP contribution in [0.5, 0.6) is 0 Å². The van der Waals surface area contributed by atoms with E-state index in [2.05, 4.69) is 17.4 Å². The van der Waals surface area contributed by atoms with Crippen LogP contribution < -0.4 is 5.32 Å². The molecule has 0 aliphatic rings. The minimum Gasteiger partial charge on any atom is -0.452 e. The van der Waals surface area contributed by atoms with Crippen molar-refractivity contribution < 1.29 is 19.4 Å². The molecule has 0 spiro atoms. The van der Waals surface area contributed by atoms with Crippen LogP contribution in [0.3, 0.4) is 0 Å². The Balaban J connectivity index is 1.71. The highest BCUT2D eigenvalue weighted by Gasteiger charge is 2.12. The van der Waals surface area contributed by atoms with Crippen LogP contribution >= 0.6 is 0 Å². The van der Waals surface area contributed by atoms with Gasteiger partial charge < -0.3 is 15.2 Å². The van der Waals surface area contributed by atoms with Crippen LogP contribution in [0.4, 0.5) is 0 Å². The molecular weight excluding hydrogens is 318 g/mol. The van der Waals surface area contributed by atoms with E-state index < -0.39 is 5.97 Å². The van der Waals surface area contributed by atoms with Crippen molar-refractivity contribution in [2.45, 2.75) is 32.4 Å². The smallest absolute Gasteiger partial charge is 0.338 e. The molecule has 2 rings (SSSR count). The Morgan fingerprint density at radius 3 is 2.36 bits per heavy atom. The molecule has 0 bridgehead atoms. The lowest BCUT2D eigenvalue weighted by Crippen LogP contribution is -2.36. The number of hydrogen-bond acceptors (Lipinski definition) is 4. The number of amides is 1. The summed E-state index contributed by atoms with van der Waals surface area (Å²) in [5.41, 5.74) is 2.28. The predicted molar refractivity (Wildman–Crippen MR) is 95.0 cm³/mol. The molecule has 0 saturated heterocycles. The van der Waals surface area contributed by atoms with Crippen molar-refractivity contribution in [3.05, 3.63) is 71.3 Å². The maximum atomic E-state index is 11.9. The van der Waals surface area contributed by atoms with Crippen molar-refractivity contribution in [3.8, 4) is 0 Å². The van der Waals surface area contributed by atoms with Crippen molar-refractivity contribution in [1.29, 1.82) is 0 Å². The molecule has 0 unspecified atom stereocenters. The van der Waals surface area contributed by atoms with Gasteiger partial charge in [0, 0.05) is 6.04 Å². The standard InChI is InChI=1S/C20H23NO4/c1-15(7-8-16-5-3-2-4-6-16)21-19(23)14-25-20(24)18-11-9-17(13-22)10-12-18/h2-6,9-12,15,22H,7-8,13-14H2,1H3,(H,21,23)/t15-/m0/s1. The first-order valence-corrected chi connectivity index (χ1v) is 8.28. The van der Waals surface area contributed by atoms with Crippen LogP contribution in [0.25, 0.3) is 0 Å². The molecule has 0 aliphatic heterocycles. The molecule has 2 aromatic carbocycles. The quantitative estimate of drug-likeness (QED) is 0.723. The fourth-order valence-electron chi connectivity index (χ4n) is 2.38. The number of esters is 1. The van der Waals surface area contributed by atoms with E-state index in [4.69, 9.17) is 9.84 Å². The van der Waals surface area contributed by atoms with Crippen LogP contribution in [0, 0.1) is 0 Å². The monoisotopic (exact) mass is 341 g/mol. The van der Waals surface area contributed by atoms with E-state index in [1.807, 2.05) is 25.1 Å². The Labute approximate surface area is 147 Å². The van der Waals surface area contributed by atoms with E-state index in [0.29, 0.717) is 11.1 Å². The first-order chi connectivity index (χ1) is 12.1. The number of aliphatic hydroxyl groups is 1. The fourth-order valence-corrected chi connectivity index (χ4v) is 2.38. The summed E-state index contributed by atoms with van der Waals surface area (Å²) in [4.78, 5) is 23.8. The van der Waals surface area contributed by atoms with Gasteiger partial charge in [-0.1, -0.05) is 42.5 Å². The molecule has 2 aromatic rings. The highest BCUT2D eigenvalue weighted by molar-refractivity contribution is 5.91. The summed E-state index contributed by atoms with van der Waals surface area (Å²) in [6, 6.07) is 16.5. The number of carbonyl (C=O) groups excluding carboxylic acids is 2. The van der Waals surface area contributed by atoms with Crippen molar-refractivity contribution in [1.82, 2.24) is 5.32 Å². The lowest BCUT2D eigenvalue weighted by atomic mass is 10.1. The van der Waals surface area contributed by atoms with Crippen LogP contribution in [-0.2, 0) is 22.6 Å². The predicted octanol–water partition coefficient (Wildman–Crippen LogP) is 2.47. The number of carbonyl (C=O) groups is 2. The highest BCUT2D eigenvalue weighted by Crippen LogP contribution is 2.07. The average Bonchev–Trinajstić information content (AvgIpc) is 2.65. The minimum absolute atomic E-state index is 0.00440. The largest absolute Gasteiger partial charge is 0.452 e. The first kappa shape index (κ1) is 18.7. The summed E-state index contributed by atoms with van der Waals surface area (Å²) < 4.78 is 5.01. The molecule has 25 heavy (non-hydrogen) atoms. The molecule has 1 amide bonds. The second-order valence-corrected chi connectivity index (χ2v) is 5.92. The second-order valence-electron chi connectivity index (χ2n) is 5.92. The van der Waals surface area contributed by atoms with Crippen LogP contribution in [0.1, 0.15) is 34.8 Å². The van der Waals surface area contributed by atoms with Crippen LogP contribution in [0.15, 0.2) is 54.6 Å². The van der Waals surface area contributed by atoms with E-state index in [-0.39, 0.29) is 25.2 Å². The maximum absolute atomic E-state index is 11.9. The Bertz CT molecular complexity index is 683. The summed E-state index contributed by atoms with van der Waals surface area (Å²) in [7, 11) is 0. The zero-order valence-electron chi connectivity index (χ0n) is 14.3. The van der Waals surface area contributed by atoms with Gasteiger partial charge in [-0.05, 0) is 43.0 Å². The van der Waals surface area contributed by atoms with Gasteiger partial charge in [-0.2, -0.15) is 0 Å². The summed E-state index contributed by atoms with van der Waals surface area (Å²) in [5.74, 6) is -0.877. The van der Waals surface area contributed by atoms with E-state index in [0.717, 1.165) is 12.8 Å². The average molecular weight is 341 g/mol. The van der Waals surface area contributed by atoms with Gasteiger partial charge in [0.2, 0.25) is 0 Å². The Kier molecular flexibility index (Phi) is 7.16. The lowest BCUT2D eigenvalue weighted by Gasteiger charge is -2.14. The van der Waals surface area contributed by atoms with Gasteiger partial charge in [-0.25, -0.2) is 4.79 Å². The minimum atomic E-state index is -0.559. The highest BCUT2D eigenvalue weighted by atomic mass is 16.5. The Morgan fingerprint density at radius 1 is 1.04 bits per heavy atom. The van der Waals surface area contributed by atoms with Gasteiger partial charge in [0.1, 0.15) is 0 Å². The van der Waals surface area contributed by atoms with Crippen LogP contribution in [0.2, 0.25) is 0 Å². The molecule has 5 nitrogen and oxygen atoms in total. The summed E-state index contributed by atoms with van der Waals surface area (Å²) in [6.45, 7) is 1.53. The molecular formula is C20H23NO4. The normalized spacial score (nSPS) is 11.6. The molecule has 0 aromatic heterocycles. The fraction of sp³-hybridized carbons (Fsp3) is 0.300. The molecule has 5 heteroatoms. The molecule has 0 saturated carbocycles. The van der Waals surface area contributed by atoms with Crippen LogP contribution in [-0.4, -0.2) is 29.6 Å². The molecule has 0 aliphatic carbocycles. The summed E-state index contributed by atoms with van der Waals surface area (Å²) in [5, 5.41) is 11.8. The zero-order valence-corrected chi connectivity index (χ0v) is 14.3. The lowest BCUT2D eigenvalue weighted by molar-refractivity contribution is -0.124. The molecule has 0 radical (unpaired) electrons. The van der Waals surface area contributed by atoms with Gasteiger partial charge in [0.05, 0.1) is 12.2 Å². The third-order valence-electron chi connectivity index (χ3n) is 3.82.